The highest BCUT2D eigenvalue weighted by Gasteiger charge is 2.34. The number of benzene rings is 1. The molecule has 0 bridgehead atoms. The molecule has 3 amide bonds. The predicted molar refractivity (Wildman–Crippen MR) is 107 cm³/mol. The molecule has 8 nitrogen and oxygen atoms in total. The van der Waals surface area contributed by atoms with Crippen LogP contribution in [0.3, 0.4) is 0 Å². The highest BCUT2D eigenvalue weighted by molar-refractivity contribution is 9.10. The Balaban J connectivity index is 1.89. The summed E-state index contributed by atoms with van der Waals surface area (Å²) in [5, 5.41) is 3.19. The standard InChI is InChI=1S/C19H20BrN3O5/c1-19(2,3)28-18(26)23-8-4-5-12(23)17(25)22-14-11-9-10(20)6-7-13(11)27-15(14)16(21)24/h4-7,9,12H,8H2,1-3H3,(H2,21,24)(H,22,25)/t12-/m0/s1. The van der Waals surface area contributed by atoms with Crippen molar-refractivity contribution in [2.24, 2.45) is 5.73 Å². The summed E-state index contributed by atoms with van der Waals surface area (Å²) in [7, 11) is 0. The number of halogens is 1. The normalized spacial score (nSPS) is 16.4. The van der Waals surface area contributed by atoms with Crippen molar-refractivity contribution in [1.82, 2.24) is 4.90 Å². The van der Waals surface area contributed by atoms with E-state index in [1.165, 1.54) is 4.90 Å². The lowest BCUT2D eigenvalue weighted by atomic mass is 10.2. The fourth-order valence-corrected chi connectivity index (χ4v) is 3.18. The van der Waals surface area contributed by atoms with E-state index in [1.807, 2.05) is 0 Å². The Morgan fingerprint density at radius 2 is 2.04 bits per heavy atom. The molecular formula is C19H20BrN3O5. The molecule has 1 aromatic carbocycles. The zero-order valence-corrected chi connectivity index (χ0v) is 17.2. The molecule has 28 heavy (non-hydrogen) atoms. The summed E-state index contributed by atoms with van der Waals surface area (Å²) in [6, 6.07) is 4.22. The topological polar surface area (TPSA) is 115 Å². The van der Waals surface area contributed by atoms with Crippen LogP contribution in [-0.4, -0.2) is 41.0 Å². The van der Waals surface area contributed by atoms with Crippen LogP contribution in [0.1, 0.15) is 31.3 Å². The Kier molecular flexibility index (Phi) is 5.20. The van der Waals surface area contributed by atoms with Crippen molar-refractivity contribution in [3.05, 3.63) is 40.6 Å². The van der Waals surface area contributed by atoms with E-state index >= 15 is 0 Å². The van der Waals surface area contributed by atoms with Gasteiger partial charge in [0.05, 0.1) is 0 Å². The first-order valence-electron chi connectivity index (χ1n) is 8.56. The van der Waals surface area contributed by atoms with Gasteiger partial charge in [0.25, 0.3) is 11.8 Å². The van der Waals surface area contributed by atoms with E-state index in [2.05, 4.69) is 21.2 Å². The average molecular weight is 450 g/mol. The van der Waals surface area contributed by atoms with Gasteiger partial charge in [-0.25, -0.2) is 4.79 Å². The van der Waals surface area contributed by atoms with Crippen LogP contribution < -0.4 is 11.1 Å². The highest BCUT2D eigenvalue weighted by Crippen LogP contribution is 2.33. The molecule has 0 unspecified atom stereocenters. The third-order valence-electron chi connectivity index (χ3n) is 3.97. The molecule has 0 fully saturated rings. The van der Waals surface area contributed by atoms with Crippen LogP contribution in [0.15, 0.2) is 39.2 Å². The maximum absolute atomic E-state index is 12.9. The number of nitrogens with one attached hydrogen (secondary N) is 1. The number of ether oxygens (including phenoxy) is 1. The fraction of sp³-hybridized carbons (Fsp3) is 0.316. The van der Waals surface area contributed by atoms with E-state index in [0.29, 0.717) is 11.0 Å². The number of nitrogens with zero attached hydrogens (tertiary/aromatic N) is 1. The van der Waals surface area contributed by atoms with Crippen molar-refractivity contribution >= 4 is 50.5 Å². The minimum atomic E-state index is -0.882. The monoisotopic (exact) mass is 449 g/mol. The van der Waals surface area contributed by atoms with Crippen molar-refractivity contribution in [3.63, 3.8) is 0 Å². The average Bonchev–Trinajstić information content (AvgIpc) is 3.18. The molecule has 1 aromatic heterocycles. The second kappa shape index (κ2) is 7.31. The lowest BCUT2D eigenvalue weighted by Gasteiger charge is -2.27. The van der Waals surface area contributed by atoms with E-state index in [0.717, 1.165) is 4.47 Å². The van der Waals surface area contributed by atoms with E-state index < -0.39 is 29.6 Å². The van der Waals surface area contributed by atoms with Gasteiger partial charge in [-0.1, -0.05) is 28.1 Å². The second-order valence-corrected chi connectivity index (χ2v) is 8.22. The number of furan rings is 1. The third kappa shape index (κ3) is 4.04. The smallest absolute Gasteiger partial charge is 0.411 e. The maximum Gasteiger partial charge on any atom is 0.411 e. The zero-order valence-electron chi connectivity index (χ0n) is 15.6. The van der Waals surface area contributed by atoms with E-state index in [-0.39, 0.29) is 18.0 Å². The Hall–Kier alpha value is -2.81. The van der Waals surface area contributed by atoms with Crippen LogP contribution in [0.4, 0.5) is 10.5 Å². The number of hydrogen-bond acceptors (Lipinski definition) is 5. The Morgan fingerprint density at radius 1 is 1.32 bits per heavy atom. The lowest BCUT2D eigenvalue weighted by molar-refractivity contribution is -0.119. The number of anilines is 1. The third-order valence-corrected chi connectivity index (χ3v) is 4.47. The van der Waals surface area contributed by atoms with Crippen LogP contribution in [0, 0.1) is 0 Å². The maximum atomic E-state index is 12.9. The quantitative estimate of drug-likeness (QED) is 0.696. The first kappa shape index (κ1) is 19.9. The minimum absolute atomic E-state index is 0.160. The molecule has 0 spiro atoms. The first-order chi connectivity index (χ1) is 13.1. The van der Waals surface area contributed by atoms with Crippen molar-refractivity contribution < 1.29 is 23.5 Å². The van der Waals surface area contributed by atoms with Crippen molar-refractivity contribution in [1.29, 1.82) is 0 Å². The molecule has 3 N–H and O–H groups in total. The minimum Gasteiger partial charge on any atom is -0.449 e. The molecule has 1 atom stereocenters. The molecule has 1 aliphatic heterocycles. The molecule has 9 heteroatoms. The Morgan fingerprint density at radius 3 is 2.68 bits per heavy atom. The SMILES string of the molecule is CC(C)(C)OC(=O)N1CC=C[C@H]1C(=O)Nc1c(C(N)=O)oc2ccc(Br)cc12. The molecule has 2 aromatic rings. The Bertz CT molecular complexity index is 989. The summed E-state index contributed by atoms with van der Waals surface area (Å²) in [6.45, 7) is 5.49. The molecule has 3 rings (SSSR count). The van der Waals surface area contributed by atoms with Gasteiger partial charge in [-0.2, -0.15) is 0 Å². The number of carbonyl (C=O) groups excluding carboxylic acids is 3. The van der Waals surface area contributed by atoms with Gasteiger partial charge in [0.1, 0.15) is 22.9 Å². The van der Waals surface area contributed by atoms with Gasteiger partial charge in [0.15, 0.2) is 0 Å². The van der Waals surface area contributed by atoms with Crippen LogP contribution in [0.25, 0.3) is 11.0 Å². The predicted octanol–water partition coefficient (Wildman–Crippen LogP) is 3.41. The summed E-state index contributed by atoms with van der Waals surface area (Å²) in [5.41, 5.74) is 5.27. The number of primary amides is 1. The number of rotatable bonds is 3. The van der Waals surface area contributed by atoms with Crippen LogP contribution in [0.2, 0.25) is 0 Å². The molecule has 2 heterocycles. The van der Waals surface area contributed by atoms with Gasteiger partial charge < -0.3 is 20.2 Å². The van der Waals surface area contributed by atoms with Gasteiger partial charge in [0, 0.05) is 16.4 Å². The van der Waals surface area contributed by atoms with Gasteiger partial charge in [-0.3, -0.25) is 14.5 Å². The molecular weight excluding hydrogens is 430 g/mol. The molecule has 0 saturated heterocycles. The van der Waals surface area contributed by atoms with Gasteiger partial charge in [0.2, 0.25) is 5.76 Å². The van der Waals surface area contributed by atoms with E-state index in [1.54, 1.807) is 51.1 Å². The second-order valence-electron chi connectivity index (χ2n) is 7.31. The summed E-state index contributed by atoms with van der Waals surface area (Å²) >= 11 is 3.35. The van der Waals surface area contributed by atoms with Crippen LogP contribution in [-0.2, 0) is 9.53 Å². The van der Waals surface area contributed by atoms with E-state index in [4.69, 9.17) is 14.9 Å². The lowest BCUT2D eigenvalue weighted by Crippen LogP contribution is -2.45. The largest absolute Gasteiger partial charge is 0.449 e. The molecule has 0 radical (unpaired) electrons. The summed E-state index contributed by atoms with van der Waals surface area (Å²) in [6.07, 6.45) is 2.70. The van der Waals surface area contributed by atoms with Gasteiger partial charge in [-0.15, -0.1) is 0 Å². The molecule has 0 aliphatic carbocycles. The number of hydrogen-bond donors (Lipinski definition) is 2. The zero-order chi connectivity index (χ0) is 20.6. The van der Waals surface area contributed by atoms with E-state index in [9.17, 15) is 14.4 Å². The van der Waals surface area contributed by atoms with Crippen molar-refractivity contribution in [2.45, 2.75) is 32.4 Å². The summed E-state index contributed by atoms with van der Waals surface area (Å²) < 4.78 is 11.6. The number of carbonyl (C=O) groups is 3. The van der Waals surface area contributed by atoms with Gasteiger partial charge in [-0.05, 0) is 39.0 Å². The van der Waals surface area contributed by atoms with Crippen molar-refractivity contribution in [2.75, 3.05) is 11.9 Å². The summed E-state index contributed by atoms with van der Waals surface area (Å²) in [5.74, 6) is -1.48. The van der Waals surface area contributed by atoms with Crippen molar-refractivity contribution in [3.8, 4) is 0 Å². The van der Waals surface area contributed by atoms with Crippen LogP contribution in [0.5, 0.6) is 0 Å². The number of nitrogens with two attached hydrogens (primary N) is 1. The summed E-state index contributed by atoms with van der Waals surface area (Å²) in [4.78, 5) is 38.3. The molecule has 148 valence electrons. The Labute approximate surface area is 169 Å². The number of amides is 3. The highest BCUT2D eigenvalue weighted by atomic mass is 79.9. The fourth-order valence-electron chi connectivity index (χ4n) is 2.82. The number of fused-ring (bicyclic) bond motifs is 1. The first-order valence-corrected chi connectivity index (χ1v) is 9.35. The van der Waals surface area contributed by atoms with Gasteiger partial charge >= 0.3 is 6.09 Å². The van der Waals surface area contributed by atoms with Crippen LogP contribution >= 0.6 is 15.9 Å². The molecule has 0 saturated carbocycles. The molecule has 1 aliphatic rings.